The molecule has 2 aliphatic rings. The highest BCUT2D eigenvalue weighted by Crippen LogP contribution is 2.28. The molecule has 0 aromatic carbocycles. The summed E-state index contributed by atoms with van der Waals surface area (Å²) >= 11 is 0. The molecule has 0 aromatic rings. The molecule has 0 saturated carbocycles. The standard InChI is InChI=1S/C14H26O10/c1-22-14-13(21)12(20)9(17)6(24-14)3-2-5-8(16)11(19)10(18)7(4-15)23-5/h5-21H,2-4H2,1H3. The highest BCUT2D eigenvalue weighted by molar-refractivity contribution is 4.94. The van der Waals surface area contributed by atoms with Gasteiger partial charge in [-0.2, -0.15) is 0 Å². The second-order valence-corrected chi connectivity index (χ2v) is 6.20. The molecule has 2 fully saturated rings. The summed E-state index contributed by atoms with van der Waals surface area (Å²) in [6, 6.07) is 0. The van der Waals surface area contributed by atoms with Crippen LogP contribution in [0, 0.1) is 0 Å². The first-order valence-electron chi connectivity index (χ1n) is 7.84. The van der Waals surface area contributed by atoms with Crippen LogP contribution in [-0.2, 0) is 14.2 Å². The number of methoxy groups -OCH3 is 1. The number of ether oxygens (including phenoxy) is 3. The lowest BCUT2D eigenvalue weighted by Gasteiger charge is -2.42. The van der Waals surface area contributed by atoms with E-state index in [4.69, 9.17) is 19.3 Å². The third-order valence-electron chi connectivity index (χ3n) is 4.63. The minimum absolute atomic E-state index is 0.114. The molecule has 24 heavy (non-hydrogen) atoms. The minimum atomic E-state index is -1.47. The highest BCUT2D eigenvalue weighted by atomic mass is 16.7. The van der Waals surface area contributed by atoms with Crippen LogP contribution in [0.5, 0.6) is 0 Å². The van der Waals surface area contributed by atoms with Gasteiger partial charge in [0.25, 0.3) is 0 Å². The molecule has 10 nitrogen and oxygen atoms in total. The molecule has 10 unspecified atom stereocenters. The van der Waals surface area contributed by atoms with Gasteiger partial charge in [0, 0.05) is 7.11 Å². The average molecular weight is 354 g/mol. The Balaban J connectivity index is 1.96. The van der Waals surface area contributed by atoms with Crippen molar-refractivity contribution in [1.82, 2.24) is 0 Å². The van der Waals surface area contributed by atoms with E-state index in [9.17, 15) is 30.6 Å². The van der Waals surface area contributed by atoms with E-state index in [1.54, 1.807) is 0 Å². The zero-order valence-corrected chi connectivity index (χ0v) is 13.3. The number of rotatable bonds is 5. The molecule has 0 radical (unpaired) electrons. The molecule has 2 heterocycles. The summed E-state index contributed by atoms with van der Waals surface area (Å²) in [5.41, 5.74) is 0. The maximum Gasteiger partial charge on any atom is 0.186 e. The van der Waals surface area contributed by atoms with Crippen molar-refractivity contribution < 1.29 is 50.0 Å². The van der Waals surface area contributed by atoms with Gasteiger partial charge in [0.2, 0.25) is 0 Å². The monoisotopic (exact) mass is 354 g/mol. The fourth-order valence-corrected chi connectivity index (χ4v) is 3.10. The maximum atomic E-state index is 9.99. The molecule has 0 spiro atoms. The van der Waals surface area contributed by atoms with Crippen LogP contribution in [0.2, 0.25) is 0 Å². The summed E-state index contributed by atoms with van der Waals surface area (Å²) in [5, 5.41) is 68.1. The maximum absolute atomic E-state index is 9.99. The lowest BCUT2D eigenvalue weighted by Crippen LogP contribution is -2.60. The molecular formula is C14H26O10. The Labute approximate surface area is 138 Å². The van der Waals surface area contributed by atoms with Crippen molar-refractivity contribution in [1.29, 1.82) is 0 Å². The molecule has 0 aliphatic carbocycles. The summed E-state index contributed by atoms with van der Waals surface area (Å²) in [5.74, 6) is 0. The SMILES string of the molecule is COC1OC(CCC2OC(CO)C(O)C(O)C2O)C(O)C(O)C1O. The van der Waals surface area contributed by atoms with Crippen LogP contribution in [0.1, 0.15) is 12.8 Å². The largest absolute Gasteiger partial charge is 0.394 e. The molecule has 7 N–H and O–H groups in total. The van der Waals surface area contributed by atoms with E-state index in [0.717, 1.165) is 0 Å². The van der Waals surface area contributed by atoms with Gasteiger partial charge in [-0.3, -0.25) is 0 Å². The molecule has 0 aromatic heterocycles. The second kappa shape index (κ2) is 8.32. The molecule has 10 atom stereocenters. The third-order valence-corrected chi connectivity index (χ3v) is 4.63. The van der Waals surface area contributed by atoms with Crippen LogP contribution in [0.15, 0.2) is 0 Å². The fraction of sp³-hybridized carbons (Fsp3) is 1.00. The third kappa shape index (κ3) is 3.88. The van der Waals surface area contributed by atoms with Gasteiger partial charge in [0.1, 0.15) is 42.7 Å². The van der Waals surface area contributed by atoms with Gasteiger partial charge in [-0.15, -0.1) is 0 Å². The first kappa shape index (κ1) is 19.9. The Morgan fingerprint density at radius 3 is 1.62 bits per heavy atom. The molecule has 0 bridgehead atoms. The van der Waals surface area contributed by atoms with Crippen molar-refractivity contribution in [2.24, 2.45) is 0 Å². The van der Waals surface area contributed by atoms with E-state index >= 15 is 0 Å². The van der Waals surface area contributed by atoms with Crippen LogP contribution in [0.3, 0.4) is 0 Å². The topological polar surface area (TPSA) is 169 Å². The molecular weight excluding hydrogens is 328 g/mol. The van der Waals surface area contributed by atoms with Crippen molar-refractivity contribution in [3.05, 3.63) is 0 Å². The smallest absolute Gasteiger partial charge is 0.186 e. The highest BCUT2D eigenvalue weighted by Gasteiger charge is 2.46. The van der Waals surface area contributed by atoms with Crippen molar-refractivity contribution in [3.8, 4) is 0 Å². The summed E-state index contributed by atoms with van der Waals surface area (Å²) in [4.78, 5) is 0. The van der Waals surface area contributed by atoms with Crippen molar-refractivity contribution in [2.45, 2.75) is 74.1 Å². The van der Waals surface area contributed by atoms with Crippen LogP contribution in [-0.4, -0.2) is 111 Å². The van der Waals surface area contributed by atoms with Gasteiger partial charge in [0.15, 0.2) is 6.29 Å². The minimum Gasteiger partial charge on any atom is -0.394 e. The fourth-order valence-electron chi connectivity index (χ4n) is 3.10. The summed E-state index contributed by atoms with van der Waals surface area (Å²) < 4.78 is 15.6. The Morgan fingerprint density at radius 2 is 1.12 bits per heavy atom. The normalized spacial score (nSPS) is 50.0. The van der Waals surface area contributed by atoms with Crippen LogP contribution in [0.4, 0.5) is 0 Å². The van der Waals surface area contributed by atoms with Gasteiger partial charge in [-0.1, -0.05) is 0 Å². The number of hydrogen-bond acceptors (Lipinski definition) is 10. The lowest BCUT2D eigenvalue weighted by atomic mass is 9.90. The summed E-state index contributed by atoms with van der Waals surface area (Å²) in [6.45, 7) is -0.527. The van der Waals surface area contributed by atoms with Gasteiger partial charge >= 0.3 is 0 Å². The number of aliphatic hydroxyl groups excluding tert-OH is 7. The first-order valence-corrected chi connectivity index (χ1v) is 7.84. The Kier molecular flexibility index (Phi) is 6.90. The van der Waals surface area contributed by atoms with Crippen LogP contribution < -0.4 is 0 Å². The molecule has 2 saturated heterocycles. The number of hydrogen-bond donors (Lipinski definition) is 7. The number of aliphatic hydroxyl groups is 7. The quantitative estimate of drug-likeness (QED) is 0.259. The molecule has 10 heteroatoms. The summed E-state index contributed by atoms with van der Waals surface area (Å²) in [7, 11) is 1.28. The predicted molar refractivity (Wildman–Crippen MR) is 76.7 cm³/mol. The zero-order chi connectivity index (χ0) is 18.0. The van der Waals surface area contributed by atoms with Gasteiger partial charge in [0.05, 0.1) is 18.8 Å². The van der Waals surface area contributed by atoms with Crippen molar-refractivity contribution in [2.75, 3.05) is 13.7 Å². The van der Waals surface area contributed by atoms with E-state index in [2.05, 4.69) is 0 Å². The van der Waals surface area contributed by atoms with Crippen LogP contribution in [0.25, 0.3) is 0 Å². The van der Waals surface area contributed by atoms with Crippen molar-refractivity contribution >= 4 is 0 Å². The van der Waals surface area contributed by atoms with E-state index in [-0.39, 0.29) is 12.8 Å². The average Bonchev–Trinajstić information content (AvgIpc) is 2.58. The molecule has 2 aliphatic heterocycles. The van der Waals surface area contributed by atoms with Gasteiger partial charge < -0.3 is 50.0 Å². The summed E-state index contributed by atoms with van der Waals surface area (Å²) in [6.07, 6.45) is -12.2. The van der Waals surface area contributed by atoms with Crippen molar-refractivity contribution in [3.63, 3.8) is 0 Å². The molecule has 2 rings (SSSR count). The Bertz CT molecular complexity index is 356. The second-order valence-electron chi connectivity index (χ2n) is 6.20. The predicted octanol–water partition coefficient (Wildman–Crippen LogP) is -3.94. The van der Waals surface area contributed by atoms with E-state index in [0.29, 0.717) is 0 Å². The zero-order valence-electron chi connectivity index (χ0n) is 13.3. The van der Waals surface area contributed by atoms with E-state index in [1.807, 2.05) is 0 Å². The van der Waals surface area contributed by atoms with E-state index in [1.165, 1.54) is 7.11 Å². The first-order chi connectivity index (χ1) is 11.3. The molecule has 142 valence electrons. The lowest BCUT2D eigenvalue weighted by molar-refractivity contribution is -0.293. The van der Waals surface area contributed by atoms with Gasteiger partial charge in [-0.05, 0) is 12.8 Å². The van der Waals surface area contributed by atoms with E-state index < -0.39 is 67.8 Å². The molecule has 0 amide bonds. The Hall–Kier alpha value is -0.400. The van der Waals surface area contributed by atoms with Crippen LogP contribution >= 0.6 is 0 Å². The Morgan fingerprint density at radius 1 is 0.667 bits per heavy atom. The van der Waals surface area contributed by atoms with Gasteiger partial charge in [-0.25, -0.2) is 0 Å².